The number of hydrogen-bond acceptors (Lipinski definition) is 6. The fourth-order valence-corrected chi connectivity index (χ4v) is 1.37. The summed E-state index contributed by atoms with van der Waals surface area (Å²) in [5, 5.41) is 3.11. The van der Waals surface area contributed by atoms with Crippen molar-refractivity contribution in [1.82, 2.24) is 15.0 Å². The molecule has 18 heavy (non-hydrogen) atoms. The van der Waals surface area contributed by atoms with Crippen LogP contribution in [0.2, 0.25) is 0 Å². The molecule has 1 aromatic carbocycles. The van der Waals surface area contributed by atoms with Crippen LogP contribution in [0, 0.1) is 0 Å². The first-order chi connectivity index (χ1) is 8.69. The second-order valence-corrected chi connectivity index (χ2v) is 3.86. The molecule has 2 rings (SSSR count). The lowest BCUT2D eigenvalue weighted by molar-refractivity contribution is 0.415. The van der Waals surface area contributed by atoms with E-state index in [-0.39, 0.29) is 0 Å². The maximum absolute atomic E-state index is 5.09. The van der Waals surface area contributed by atoms with E-state index in [2.05, 4.69) is 20.3 Å². The van der Waals surface area contributed by atoms with Crippen LogP contribution in [0.3, 0.4) is 0 Å². The van der Waals surface area contributed by atoms with Crippen molar-refractivity contribution in [3.63, 3.8) is 0 Å². The molecule has 0 aliphatic carbocycles. The second-order valence-electron chi connectivity index (χ2n) is 3.86. The molecule has 1 N–H and O–H groups in total. The van der Waals surface area contributed by atoms with Crippen molar-refractivity contribution >= 4 is 17.6 Å². The van der Waals surface area contributed by atoms with Crippen molar-refractivity contribution in [2.75, 3.05) is 31.4 Å². The molecule has 0 fully saturated rings. The van der Waals surface area contributed by atoms with Crippen molar-refractivity contribution in [1.29, 1.82) is 0 Å². The van der Waals surface area contributed by atoms with E-state index in [0.29, 0.717) is 11.9 Å². The molecule has 6 heteroatoms. The van der Waals surface area contributed by atoms with Gasteiger partial charge in [-0.15, -0.1) is 0 Å². The molecule has 0 saturated heterocycles. The Kier molecular flexibility index (Phi) is 3.57. The number of nitrogens with zero attached hydrogens (tertiary/aromatic N) is 4. The molecular weight excluding hydrogens is 230 g/mol. The van der Waals surface area contributed by atoms with Crippen LogP contribution < -0.4 is 15.0 Å². The predicted molar refractivity (Wildman–Crippen MR) is 70.4 cm³/mol. The highest BCUT2D eigenvalue weighted by atomic mass is 16.5. The van der Waals surface area contributed by atoms with Gasteiger partial charge >= 0.3 is 0 Å². The third kappa shape index (κ3) is 2.85. The second kappa shape index (κ2) is 5.31. The third-order valence-electron chi connectivity index (χ3n) is 2.31. The number of ether oxygens (including phenoxy) is 1. The first kappa shape index (κ1) is 12.1. The van der Waals surface area contributed by atoms with Gasteiger partial charge in [0.05, 0.1) is 7.11 Å². The highest BCUT2D eigenvalue weighted by Crippen LogP contribution is 2.18. The molecule has 1 aromatic heterocycles. The van der Waals surface area contributed by atoms with Crippen LogP contribution in [0.15, 0.2) is 30.6 Å². The van der Waals surface area contributed by atoms with Gasteiger partial charge in [0, 0.05) is 19.8 Å². The minimum Gasteiger partial charge on any atom is -0.497 e. The summed E-state index contributed by atoms with van der Waals surface area (Å²) in [6.45, 7) is 0. The van der Waals surface area contributed by atoms with Crippen LogP contribution in [-0.4, -0.2) is 36.2 Å². The molecular formula is C12H15N5O. The van der Waals surface area contributed by atoms with E-state index in [1.165, 1.54) is 6.33 Å². The summed E-state index contributed by atoms with van der Waals surface area (Å²) in [6, 6.07) is 7.54. The Bertz CT molecular complexity index is 512. The van der Waals surface area contributed by atoms with E-state index < -0.39 is 0 Å². The van der Waals surface area contributed by atoms with Crippen LogP contribution in [-0.2, 0) is 0 Å². The maximum Gasteiger partial charge on any atom is 0.231 e. The molecule has 94 valence electrons. The first-order valence-electron chi connectivity index (χ1n) is 5.46. The molecule has 6 nitrogen and oxygen atoms in total. The minimum absolute atomic E-state index is 0.513. The molecule has 2 aromatic rings. The SMILES string of the molecule is COc1ccc(Nc2ncnc(N(C)C)n2)cc1. The van der Waals surface area contributed by atoms with Gasteiger partial charge in [-0.05, 0) is 24.3 Å². The smallest absolute Gasteiger partial charge is 0.231 e. The number of methoxy groups -OCH3 is 1. The van der Waals surface area contributed by atoms with Crippen LogP contribution in [0.5, 0.6) is 5.75 Å². The summed E-state index contributed by atoms with van der Waals surface area (Å²) in [4.78, 5) is 14.2. The highest BCUT2D eigenvalue weighted by molar-refractivity contribution is 5.55. The molecule has 0 unspecified atom stereocenters. The van der Waals surface area contributed by atoms with E-state index in [1.807, 2.05) is 43.3 Å². The summed E-state index contributed by atoms with van der Waals surface area (Å²) >= 11 is 0. The first-order valence-corrected chi connectivity index (χ1v) is 5.46. The highest BCUT2D eigenvalue weighted by Gasteiger charge is 2.02. The minimum atomic E-state index is 0.513. The summed E-state index contributed by atoms with van der Waals surface area (Å²) in [7, 11) is 5.40. The fraction of sp³-hybridized carbons (Fsp3) is 0.250. The summed E-state index contributed by atoms with van der Waals surface area (Å²) < 4.78 is 5.09. The third-order valence-corrected chi connectivity index (χ3v) is 2.31. The largest absolute Gasteiger partial charge is 0.497 e. The normalized spacial score (nSPS) is 9.94. The van der Waals surface area contributed by atoms with Gasteiger partial charge < -0.3 is 15.0 Å². The summed E-state index contributed by atoms with van der Waals surface area (Å²) in [6.07, 6.45) is 1.48. The molecule has 0 aliphatic heterocycles. The Hall–Kier alpha value is -2.37. The topological polar surface area (TPSA) is 63.2 Å². The van der Waals surface area contributed by atoms with Gasteiger partial charge in [0.15, 0.2) is 0 Å². The lowest BCUT2D eigenvalue weighted by atomic mass is 10.3. The van der Waals surface area contributed by atoms with Gasteiger partial charge in [-0.3, -0.25) is 0 Å². The number of aromatic nitrogens is 3. The van der Waals surface area contributed by atoms with Crippen LogP contribution in [0.25, 0.3) is 0 Å². The molecule has 0 amide bonds. The van der Waals surface area contributed by atoms with Gasteiger partial charge in [-0.1, -0.05) is 0 Å². The lowest BCUT2D eigenvalue weighted by Crippen LogP contribution is -2.13. The number of hydrogen-bond donors (Lipinski definition) is 1. The van der Waals surface area contributed by atoms with Crippen LogP contribution in [0.4, 0.5) is 17.6 Å². The van der Waals surface area contributed by atoms with E-state index >= 15 is 0 Å². The van der Waals surface area contributed by atoms with Crippen molar-refractivity contribution in [3.05, 3.63) is 30.6 Å². The zero-order valence-corrected chi connectivity index (χ0v) is 10.6. The van der Waals surface area contributed by atoms with Crippen molar-refractivity contribution in [2.24, 2.45) is 0 Å². The van der Waals surface area contributed by atoms with Gasteiger partial charge in [-0.25, -0.2) is 9.97 Å². The van der Waals surface area contributed by atoms with Crippen LogP contribution in [0.1, 0.15) is 0 Å². The van der Waals surface area contributed by atoms with Crippen molar-refractivity contribution in [2.45, 2.75) is 0 Å². The molecule has 0 spiro atoms. The average molecular weight is 245 g/mol. The van der Waals surface area contributed by atoms with E-state index in [9.17, 15) is 0 Å². The molecule has 0 atom stereocenters. The molecule has 0 saturated carbocycles. The van der Waals surface area contributed by atoms with Gasteiger partial charge in [0.25, 0.3) is 0 Å². The van der Waals surface area contributed by atoms with E-state index in [1.54, 1.807) is 7.11 Å². The van der Waals surface area contributed by atoms with E-state index in [4.69, 9.17) is 4.74 Å². The Morgan fingerprint density at radius 1 is 1.11 bits per heavy atom. The Balaban J connectivity index is 2.15. The number of benzene rings is 1. The molecule has 0 radical (unpaired) electrons. The quantitative estimate of drug-likeness (QED) is 0.884. The van der Waals surface area contributed by atoms with Gasteiger partial charge in [-0.2, -0.15) is 4.98 Å². The molecule has 0 bridgehead atoms. The number of nitrogens with one attached hydrogen (secondary N) is 1. The van der Waals surface area contributed by atoms with Crippen molar-refractivity contribution in [3.8, 4) is 5.75 Å². The summed E-state index contributed by atoms with van der Waals surface area (Å²) in [5.74, 6) is 1.94. The molecule has 0 aliphatic rings. The van der Waals surface area contributed by atoms with Gasteiger partial charge in [0.1, 0.15) is 12.1 Å². The van der Waals surface area contributed by atoms with E-state index in [0.717, 1.165) is 11.4 Å². The Morgan fingerprint density at radius 3 is 2.44 bits per heavy atom. The van der Waals surface area contributed by atoms with Crippen molar-refractivity contribution < 1.29 is 4.74 Å². The zero-order valence-electron chi connectivity index (χ0n) is 10.6. The average Bonchev–Trinajstić information content (AvgIpc) is 2.40. The Morgan fingerprint density at radius 2 is 1.83 bits per heavy atom. The van der Waals surface area contributed by atoms with Crippen LogP contribution >= 0.6 is 0 Å². The number of anilines is 3. The molecule has 1 heterocycles. The Labute approximate surface area is 106 Å². The monoisotopic (exact) mass is 245 g/mol. The summed E-state index contributed by atoms with van der Waals surface area (Å²) in [5.41, 5.74) is 0.895. The van der Waals surface area contributed by atoms with Gasteiger partial charge in [0.2, 0.25) is 11.9 Å². The zero-order chi connectivity index (χ0) is 13.0. The fourth-order valence-electron chi connectivity index (χ4n) is 1.37. The maximum atomic E-state index is 5.09. The number of rotatable bonds is 4. The predicted octanol–water partition coefficient (Wildman–Crippen LogP) is 1.69. The standard InChI is InChI=1S/C12H15N5O/c1-17(2)12-14-8-13-11(16-12)15-9-4-6-10(18-3)7-5-9/h4-8H,1-3H3,(H,13,14,15,16). The lowest BCUT2D eigenvalue weighted by Gasteiger charge is -2.11.